The quantitative estimate of drug-likeness (QED) is 0.135. The lowest BCUT2D eigenvalue weighted by molar-refractivity contribution is 0.794. The van der Waals surface area contributed by atoms with Crippen LogP contribution in [0.3, 0.4) is 0 Å². The molecule has 4 heteroatoms. The molecule has 532 valence electrons. The molecule has 2 unspecified atom stereocenters. The smallest absolute Gasteiger partial charge is 0.0726 e. The number of hydrogen-bond acceptors (Lipinski definition) is 4. The van der Waals surface area contributed by atoms with Crippen molar-refractivity contribution in [1.82, 2.24) is 0 Å². The molecule has 4 aliphatic rings. The molecule has 20 aromatic rings. The van der Waals surface area contributed by atoms with Gasteiger partial charge >= 0.3 is 0 Å². The van der Waals surface area contributed by atoms with Gasteiger partial charge in [-0.1, -0.05) is 346 Å². The first-order valence-corrected chi connectivity index (χ1v) is 41.0. The predicted octanol–water partition coefficient (Wildman–Crippen LogP) is 30.4. The summed E-state index contributed by atoms with van der Waals surface area (Å²) in [5, 5.41) is 5.34. The van der Waals surface area contributed by atoms with Crippen molar-refractivity contribution in [1.29, 1.82) is 0 Å². The van der Waals surface area contributed by atoms with E-state index in [0.717, 1.165) is 34.1 Å². The third-order valence-corrected chi connectivity index (χ3v) is 27.0. The SMILES string of the molecule is c1ccc(-c2ccc(N(c3ccc4c(c3)C3(c5ccccc5-4)c4ccccc4-c4c3ccc3c4sc4ccccc43)c3ccccc3-c3ccccc3)cc2)cc1.c1ccc(-c2ccc(N(c3cccc(-c4ccccc4)c3)c3ccc4c(c3)C3(c5ccccc5-4)c4ccccc4-c4c3ccc3c4sc4ccccc43)cc2)cc1. The highest BCUT2D eigenvalue weighted by Crippen LogP contribution is 2.68. The van der Waals surface area contributed by atoms with Crippen LogP contribution in [-0.4, -0.2) is 0 Å². The zero-order chi connectivity index (χ0) is 75.0. The topological polar surface area (TPSA) is 6.48 Å². The van der Waals surface area contributed by atoms with Gasteiger partial charge in [0.1, 0.15) is 0 Å². The highest BCUT2D eigenvalue weighted by atomic mass is 32.1. The Morgan fingerprint density at radius 2 is 0.509 bits per heavy atom. The second-order valence-electron chi connectivity index (χ2n) is 30.4. The van der Waals surface area contributed by atoms with E-state index in [2.05, 4.69) is 434 Å². The lowest BCUT2D eigenvalue weighted by Crippen LogP contribution is -2.26. The van der Waals surface area contributed by atoms with E-state index in [9.17, 15) is 0 Å². The Morgan fingerprint density at radius 1 is 0.175 bits per heavy atom. The fourth-order valence-electron chi connectivity index (χ4n) is 19.8. The van der Waals surface area contributed by atoms with Crippen molar-refractivity contribution in [2.45, 2.75) is 10.8 Å². The monoisotopic (exact) mass is 1480 g/mol. The molecular weight excluding hydrogens is 1410 g/mol. The lowest BCUT2D eigenvalue weighted by Gasteiger charge is -2.32. The molecule has 0 fully saturated rings. The molecule has 0 N–H and O–H groups in total. The Labute approximate surface area is 671 Å². The highest BCUT2D eigenvalue weighted by Gasteiger charge is 2.54. The van der Waals surface area contributed by atoms with Crippen LogP contribution < -0.4 is 9.80 Å². The van der Waals surface area contributed by atoms with E-state index in [1.807, 2.05) is 22.7 Å². The van der Waals surface area contributed by atoms with Gasteiger partial charge in [-0.05, 0) is 196 Å². The van der Waals surface area contributed by atoms with Gasteiger partial charge in [0.2, 0.25) is 0 Å². The number of thiophene rings is 2. The van der Waals surface area contributed by atoms with Crippen molar-refractivity contribution in [3.05, 3.63) is 469 Å². The maximum atomic E-state index is 2.50. The van der Waals surface area contributed by atoms with E-state index in [4.69, 9.17) is 0 Å². The Hall–Kier alpha value is -14.0. The van der Waals surface area contributed by atoms with Crippen molar-refractivity contribution < 1.29 is 0 Å². The molecule has 2 heterocycles. The first kappa shape index (κ1) is 65.8. The van der Waals surface area contributed by atoms with Crippen molar-refractivity contribution in [2.24, 2.45) is 0 Å². The number of benzene rings is 18. The summed E-state index contributed by atoms with van der Waals surface area (Å²) >= 11 is 3.86. The maximum absolute atomic E-state index is 2.50. The number of hydrogen-bond donors (Lipinski definition) is 0. The molecule has 0 radical (unpaired) electrons. The van der Waals surface area contributed by atoms with Crippen molar-refractivity contribution in [2.75, 3.05) is 9.80 Å². The van der Waals surface area contributed by atoms with Crippen LogP contribution in [0, 0.1) is 0 Å². The van der Waals surface area contributed by atoms with Crippen molar-refractivity contribution >= 4 is 97.1 Å². The summed E-state index contributed by atoms with van der Waals surface area (Å²) in [5.41, 5.74) is 36.9. The van der Waals surface area contributed by atoms with Crippen LogP contribution in [0.4, 0.5) is 34.1 Å². The van der Waals surface area contributed by atoms with Gasteiger partial charge in [0.25, 0.3) is 0 Å². The minimum atomic E-state index is -0.472. The largest absolute Gasteiger partial charge is 0.310 e. The minimum absolute atomic E-state index is 0.465. The highest BCUT2D eigenvalue weighted by molar-refractivity contribution is 7.26. The number of para-hydroxylation sites is 1. The van der Waals surface area contributed by atoms with Crippen LogP contribution in [0.1, 0.15) is 44.5 Å². The van der Waals surface area contributed by atoms with Gasteiger partial charge in [-0.15, -0.1) is 22.7 Å². The molecule has 4 aliphatic carbocycles. The van der Waals surface area contributed by atoms with Gasteiger partial charge in [-0.3, -0.25) is 0 Å². The molecule has 2 atom stereocenters. The third kappa shape index (κ3) is 9.91. The molecule has 2 nitrogen and oxygen atoms in total. The first-order chi connectivity index (χ1) is 56.6. The van der Waals surface area contributed by atoms with Crippen LogP contribution in [0.15, 0.2) is 425 Å². The molecule has 114 heavy (non-hydrogen) atoms. The predicted molar refractivity (Wildman–Crippen MR) is 482 cm³/mol. The fourth-order valence-corrected chi connectivity index (χ4v) is 22.3. The molecule has 24 rings (SSSR count). The van der Waals surface area contributed by atoms with E-state index in [0.29, 0.717) is 0 Å². The molecule has 2 aromatic heterocycles. The molecule has 2 spiro atoms. The second kappa shape index (κ2) is 26.3. The maximum Gasteiger partial charge on any atom is 0.0726 e. The Kier molecular flexibility index (Phi) is 15.2. The standard InChI is InChI=1S/2C55H35NS/c1-3-15-36(16-4-1)37-27-29-39(30-28-37)56(51-25-13-9-19-41(51)38-17-5-2-6-18-38)40-31-32-43-42-20-7-11-23-47(42)55(50(43)35-40)48-24-12-8-22-46(48)53-49(55)34-33-45-44-21-10-14-26-52(44)57-54(45)53;1-3-14-36(15-4-1)38-26-28-40(29-27-38)56(41-19-13-18-39(34-41)37-16-5-2-6-17-37)42-30-31-44-43-20-7-10-23-48(43)55(51(44)35-42)49-24-11-8-22-47(49)53-50(55)33-32-46-45-21-9-12-25-52(45)57-54(46)53/h2*1-35H. The van der Waals surface area contributed by atoms with E-state index in [-0.39, 0.29) is 0 Å². The van der Waals surface area contributed by atoms with Crippen LogP contribution in [0.25, 0.3) is 129 Å². The molecule has 0 saturated carbocycles. The average Bonchev–Trinajstić information content (AvgIpc) is 1.51. The summed E-state index contributed by atoms with van der Waals surface area (Å²) in [6, 6.07) is 157. The van der Waals surface area contributed by atoms with Gasteiger partial charge in [-0.2, -0.15) is 0 Å². The van der Waals surface area contributed by atoms with Gasteiger partial charge in [0.05, 0.1) is 16.5 Å². The Morgan fingerprint density at radius 3 is 0.991 bits per heavy atom. The number of nitrogens with zero attached hydrogens (tertiary/aromatic N) is 2. The van der Waals surface area contributed by atoms with Crippen molar-refractivity contribution in [3.8, 4) is 89.0 Å². The summed E-state index contributed by atoms with van der Waals surface area (Å²) < 4.78 is 5.41. The van der Waals surface area contributed by atoms with Crippen LogP contribution in [0.2, 0.25) is 0 Å². The van der Waals surface area contributed by atoms with Crippen LogP contribution >= 0.6 is 22.7 Å². The third-order valence-electron chi connectivity index (χ3n) is 24.6. The van der Waals surface area contributed by atoms with Gasteiger partial charge in [-0.25, -0.2) is 0 Å². The number of fused-ring (bicyclic) bond motifs is 28. The molecule has 0 aliphatic heterocycles. The average molecular weight is 1480 g/mol. The van der Waals surface area contributed by atoms with E-state index < -0.39 is 10.8 Å². The first-order valence-electron chi connectivity index (χ1n) is 39.4. The van der Waals surface area contributed by atoms with Gasteiger partial charge < -0.3 is 9.80 Å². The summed E-state index contributed by atoms with van der Waals surface area (Å²) in [6.07, 6.45) is 0. The van der Waals surface area contributed by atoms with Crippen molar-refractivity contribution in [3.63, 3.8) is 0 Å². The molecule has 0 bridgehead atoms. The van der Waals surface area contributed by atoms with Gasteiger partial charge in [0.15, 0.2) is 0 Å². The Bertz CT molecular complexity index is 7220. The van der Waals surface area contributed by atoms with Crippen LogP contribution in [-0.2, 0) is 10.8 Å². The molecule has 18 aromatic carbocycles. The fraction of sp³-hybridized carbons (Fsp3) is 0.0182. The molecular formula is C110H70N2S2. The lowest BCUT2D eigenvalue weighted by atomic mass is 9.70. The second-order valence-corrected chi connectivity index (χ2v) is 32.5. The minimum Gasteiger partial charge on any atom is -0.310 e. The van der Waals surface area contributed by atoms with E-state index in [1.54, 1.807) is 0 Å². The molecule has 0 saturated heterocycles. The van der Waals surface area contributed by atoms with E-state index in [1.165, 1.54) is 174 Å². The summed E-state index contributed by atoms with van der Waals surface area (Å²) in [6.45, 7) is 0. The van der Waals surface area contributed by atoms with Gasteiger partial charge in [0, 0.05) is 85.5 Å². The molecule has 0 amide bonds. The zero-order valence-corrected chi connectivity index (χ0v) is 63.8. The summed E-state index contributed by atoms with van der Waals surface area (Å²) in [4.78, 5) is 4.90. The number of rotatable bonds is 10. The number of anilines is 6. The normalized spacial score (nSPS) is 14.7. The zero-order valence-electron chi connectivity index (χ0n) is 62.1. The van der Waals surface area contributed by atoms with Crippen LogP contribution in [0.5, 0.6) is 0 Å². The summed E-state index contributed by atoms with van der Waals surface area (Å²) in [5.74, 6) is 0. The summed E-state index contributed by atoms with van der Waals surface area (Å²) in [7, 11) is 0. The van der Waals surface area contributed by atoms with E-state index >= 15 is 0 Å². The Balaban J connectivity index is 0.000000135.